The molecule has 3 N–H and O–H groups in total. The number of fused-ring (bicyclic) bond motifs is 1. The lowest BCUT2D eigenvalue weighted by atomic mass is 10.2. The first-order chi connectivity index (χ1) is 14.5. The van der Waals surface area contributed by atoms with Crippen LogP contribution in [0, 0.1) is 12.3 Å². The molecule has 2 aromatic heterocycles. The standard InChI is InChI=1S/C21H28N6O2S/c1-5-7-12-23-20(28)16(6-2)30-21-24-19-17(13(3)25-26-19)18(22)27(21)14-8-10-15(29-4)11-9-14/h8-11,16,22H,5-7,12H2,1-4H3,(H,23,28)(H,25,26). The van der Waals surface area contributed by atoms with Crippen LogP contribution in [0.1, 0.15) is 38.8 Å². The monoisotopic (exact) mass is 428 g/mol. The lowest BCUT2D eigenvalue weighted by Crippen LogP contribution is -2.33. The summed E-state index contributed by atoms with van der Waals surface area (Å²) in [5, 5.41) is 19.9. The van der Waals surface area contributed by atoms with E-state index < -0.39 is 0 Å². The number of carbonyl (C=O) groups is 1. The second kappa shape index (κ2) is 9.80. The number of nitrogens with one attached hydrogen (secondary N) is 3. The van der Waals surface area contributed by atoms with Crippen molar-refractivity contribution in [3.05, 3.63) is 35.4 Å². The zero-order valence-corrected chi connectivity index (χ0v) is 18.6. The molecule has 0 aliphatic rings. The number of H-pyrrole nitrogens is 1. The number of unbranched alkanes of at least 4 members (excludes halogenated alkanes) is 1. The van der Waals surface area contributed by atoms with E-state index in [1.165, 1.54) is 11.8 Å². The summed E-state index contributed by atoms with van der Waals surface area (Å²) < 4.78 is 7.02. The number of aryl methyl sites for hydroxylation is 1. The Hall–Kier alpha value is -2.81. The van der Waals surface area contributed by atoms with Gasteiger partial charge >= 0.3 is 0 Å². The highest BCUT2D eigenvalue weighted by molar-refractivity contribution is 8.00. The molecule has 0 aliphatic carbocycles. The van der Waals surface area contributed by atoms with Gasteiger partial charge in [-0.05, 0) is 44.0 Å². The summed E-state index contributed by atoms with van der Waals surface area (Å²) >= 11 is 1.36. The second-order valence-corrected chi connectivity index (χ2v) is 8.15. The Morgan fingerprint density at radius 1 is 1.33 bits per heavy atom. The summed E-state index contributed by atoms with van der Waals surface area (Å²) in [6, 6.07) is 7.45. The molecule has 160 valence electrons. The normalized spacial score (nSPS) is 12.1. The molecule has 1 unspecified atom stereocenters. The number of rotatable bonds is 9. The fourth-order valence-corrected chi connectivity index (χ4v) is 4.18. The van der Waals surface area contributed by atoms with Gasteiger partial charge in [-0.2, -0.15) is 5.10 Å². The molecular weight excluding hydrogens is 400 g/mol. The van der Waals surface area contributed by atoms with E-state index in [9.17, 15) is 4.79 Å². The molecule has 30 heavy (non-hydrogen) atoms. The molecule has 9 heteroatoms. The molecule has 0 saturated heterocycles. The highest BCUT2D eigenvalue weighted by atomic mass is 32.2. The molecule has 0 radical (unpaired) electrons. The topological polar surface area (TPSA) is 109 Å². The lowest BCUT2D eigenvalue weighted by Gasteiger charge is -2.18. The minimum Gasteiger partial charge on any atom is -0.497 e. The molecule has 0 saturated carbocycles. The highest BCUT2D eigenvalue weighted by Gasteiger charge is 2.22. The van der Waals surface area contributed by atoms with Gasteiger partial charge in [0.1, 0.15) is 11.2 Å². The Labute approximate surface area is 179 Å². The van der Waals surface area contributed by atoms with Gasteiger partial charge in [-0.15, -0.1) is 0 Å². The molecule has 0 spiro atoms. The molecule has 8 nitrogen and oxygen atoms in total. The molecule has 3 aromatic rings. The van der Waals surface area contributed by atoms with Crippen molar-refractivity contribution in [2.75, 3.05) is 13.7 Å². The summed E-state index contributed by atoms with van der Waals surface area (Å²) in [5.41, 5.74) is 2.32. The molecule has 0 fully saturated rings. The fraction of sp³-hybridized carbons (Fsp3) is 0.429. The quantitative estimate of drug-likeness (QED) is 0.275. The van der Waals surface area contributed by atoms with E-state index in [0.717, 1.165) is 30.0 Å². The summed E-state index contributed by atoms with van der Waals surface area (Å²) in [5.74, 6) is 0.721. The maximum atomic E-state index is 12.7. The number of nitrogens with zero attached hydrogens (tertiary/aromatic N) is 3. The van der Waals surface area contributed by atoms with Crippen molar-refractivity contribution >= 4 is 28.7 Å². The van der Waals surface area contributed by atoms with E-state index in [4.69, 9.17) is 15.1 Å². The van der Waals surface area contributed by atoms with E-state index in [2.05, 4.69) is 22.4 Å². The van der Waals surface area contributed by atoms with Crippen LogP contribution in [-0.4, -0.2) is 44.6 Å². The molecule has 3 rings (SSSR count). The van der Waals surface area contributed by atoms with Gasteiger partial charge in [-0.3, -0.25) is 19.9 Å². The third-order valence-electron chi connectivity index (χ3n) is 4.85. The van der Waals surface area contributed by atoms with Crippen molar-refractivity contribution in [2.45, 2.75) is 50.4 Å². The van der Waals surface area contributed by atoms with Gasteiger partial charge in [0.15, 0.2) is 10.8 Å². The van der Waals surface area contributed by atoms with Crippen molar-refractivity contribution in [3.63, 3.8) is 0 Å². The number of amides is 1. The third kappa shape index (κ3) is 4.51. The Bertz CT molecular complexity index is 1070. The molecule has 1 aromatic carbocycles. The van der Waals surface area contributed by atoms with Crippen LogP contribution in [0.25, 0.3) is 16.7 Å². The van der Waals surface area contributed by atoms with Crippen molar-refractivity contribution < 1.29 is 9.53 Å². The maximum Gasteiger partial charge on any atom is 0.233 e. The lowest BCUT2D eigenvalue weighted by molar-refractivity contribution is -0.120. The number of aromatic nitrogens is 4. The third-order valence-corrected chi connectivity index (χ3v) is 6.17. The second-order valence-electron chi connectivity index (χ2n) is 6.98. The predicted octanol–water partition coefficient (Wildman–Crippen LogP) is 3.33. The van der Waals surface area contributed by atoms with Crippen LogP contribution in [0.3, 0.4) is 0 Å². The summed E-state index contributed by atoms with van der Waals surface area (Å²) in [7, 11) is 1.62. The zero-order chi connectivity index (χ0) is 21.7. The SMILES string of the molecule is CCCCNC(=O)C(CC)Sc1nc2n[nH]c(C)c2c(=N)n1-c1ccc(OC)cc1. The van der Waals surface area contributed by atoms with E-state index >= 15 is 0 Å². The number of hydrogen-bond acceptors (Lipinski definition) is 6. The first kappa shape index (κ1) is 21.9. The predicted molar refractivity (Wildman–Crippen MR) is 118 cm³/mol. The van der Waals surface area contributed by atoms with Gasteiger partial charge in [0.2, 0.25) is 5.91 Å². The van der Waals surface area contributed by atoms with Gasteiger partial charge < -0.3 is 10.1 Å². The first-order valence-corrected chi connectivity index (χ1v) is 11.0. The number of hydrogen-bond donors (Lipinski definition) is 3. The van der Waals surface area contributed by atoms with Crippen LogP contribution in [0.4, 0.5) is 0 Å². The van der Waals surface area contributed by atoms with Gasteiger partial charge in [-0.25, -0.2) is 4.98 Å². The van der Waals surface area contributed by atoms with Gasteiger partial charge in [0.05, 0.1) is 17.7 Å². The van der Waals surface area contributed by atoms with Crippen LogP contribution in [-0.2, 0) is 4.79 Å². The van der Waals surface area contributed by atoms with E-state index in [1.54, 1.807) is 11.7 Å². The Morgan fingerprint density at radius 2 is 2.07 bits per heavy atom. The largest absolute Gasteiger partial charge is 0.497 e. The minimum atomic E-state index is -0.309. The molecule has 0 aliphatic heterocycles. The van der Waals surface area contributed by atoms with Crippen LogP contribution >= 0.6 is 11.8 Å². The summed E-state index contributed by atoms with van der Waals surface area (Å²) in [4.78, 5) is 17.4. The van der Waals surface area contributed by atoms with Gasteiger partial charge in [0, 0.05) is 17.9 Å². The molecular formula is C21H28N6O2S. The average molecular weight is 429 g/mol. The van der Waals surface area contributed by atoms with Crippen LogP contribution < -0.4 is 15.5 Å². The Balaban J connectivity index is 2.05. The van der Waals surface area contributed by atoms with Crippen molar-refractivity contribution in [3.8, 4) is 11.4 Å². The number of carbonyl (C=O) groups excluding carboxylic acids is 1. The molecule has 1 amide bonds. The summed E-state index contributed by atoms with van der Waals surface area (Å²) in [6.45, 7) is 6.61. The number of aromatic amines is 1. The fourth-order valence-electron chi connectivity index (χ4n) is 3.13. The smallest absolute Gasteiger partial charge is 0.233 e. The van der Waals surface area contributed by atoms with E-state index in [-0.39, 0.29) is 16.6 Å². The average Bonchev–Trinajstić information content (AvgIpc) is 3.13. The molecule has 0 bridgehead atoms. The molecule has 1 atom stereocenters. The Morgan fingerprint density at radius 3 is 2.70 bits per heavy atom. The van der Waals surface area contributed by atoms with Crippen molar-refractivity contribution in [2.24, 2.45) is 0 Å². The van der Waals surface area contributed by atoms with Gasteiger partial charge in [-0.1, -0.05) is 32.0 Å². The first-order valence-electron chi connectivity index (χ1n) is 10.1. The van der Waals surface area contributed by atoms with Crippen LogP contribution in [0.5, 0.6) is 5.75 Å². The highest BCUT2D eigenvalue weighted by Crippen LogP contribution is 2.27. The number of thioether (sulfide) groups is 1. The van der Waals surface area contributed by atoms with Crippen molar-refractivity contribution in [1.82, 2.24) is 25.1 Å². The van der Waals surface area contributed by atoms with E-state index in [1.807, 2.05) is 38.1 Å². The van der Waals surface area contributed by atoms with Crippen molar-refractivity contribution in [1.29, 1.82) is 5.41 Å². The number of benzene rings is 1. The van der Waals surface area contributed by atoms with E-state index in [0.29, 0.717) is 29.2 Å². The zero-order valence-electron chi connectivity index (χ0n) is 17.8. The Kier molecular flexibility index (Phi) is 7.15. The number of methoxy groups -OCH3 is 1. The maximum absolute atomic E-state index is 12.7. The van der Waals surface area contributed by atoms with Crippen LogP contribution in [0.15, 0.2) is 29.4 Å². The molecule has 2 heterocycles. The minimum absolute atomic E-state index is 0.0103. The van der Waals surface area contributed by atoms with Gasteiger partial charge in [0.25, 0.3) is 0 Å². The summed E-state index contributed by atoms with van der Waals surface area (Å²) in [6.07, 6.45) is 2.63. The van der Waals surface area contributed by atoms with Crippen LogP contribution in [0.2, 0.25) is 0 Å². The number of ether oxygens (including phenoxy) is 1.